The van der Waals surface area contributed by atoms with Crippen molar-refractivity contribution in [3.63, 3.8) is 0 Å². The van der Waals surface area contributed by atoms with E-state index in [9.17, 15) is 24.2 Å². The molecule has 0 fully saturated rings. The Bertz CT molecular complexity index is 1370. The third-order valence-corrected chi connectivity index (χ3v) is 10.5. The second-order valence-electron chi connectivity index (χ2n) is 14.6. The van der Waals surface area contributed by atoms with Crippen molar-refractivity contribution in [2.45, 2.75) is 175 Å². The first-order valence-electron chi connectivity index (χ1n) is 21.6. The van der Waals surface area contributed by atoms with Crippen LogP contribution >= 0.6 is 7.82 Å². The molecule has 0 bridgehead atoms. The van der Waals surface area contributed by atoms with Crippen LogP contribution in [-0.4, -0.2) is 60.5 Å². The second kappa shape index (κ2) is 34.1. The Kier molecular flexibility index (Phi) is 31.3. The highest BCUT2D eigenvalue weighted by Crippen LogP contribution is 2.43. The number of rotatable bonds is 36. The second-order valence-corrected chi connectivity index (χ2v) is 16.1. The molecule has 326 valence electrons. The van der Waals surface area contributed by atoms with Gasteiger partial charge in [-0.1, -0.05) is 120 Å². The smallest absolute Gasteiger partial charge is 0.466 e. The van der Waals surface area contributed by atoms with Crippen LogP contribution in [0, 0.1) is 13.8 Å². The van der Waals surface area contributed by atoms with Crippen molar-refractivity contribution in [3.8, 4) is 0 Å². The molecule has 57 heavy (non-hydrogen) atoms. The molecule has 12 heteroatoms. The fraction of sp³-hybridized carbons (Fsp3) is 0.689. The van der Waals surface area contributed by atoms with Gasteiger partial charge < -0.3 is 29.6 Å². The average molecular weight is 822 g/mol. The van der Waals surface area contributed by atoms with E-state index in [4.69, 9.17) is 28.7 Å². The van der Waals surface area contributed by atoms with E-state index in [1.54, 1.807) is 0 Å². The molecule has 0 amide bonds. The maximum Gasteiger partial charge on any atom is 0.472 e. The predicted molar refractivity (Wildman–Crippen MR) is 229 cm³/mol. The topological polar surface area (TPSA) is 168 Å². The number of nitrogens with two attached hydrogens (primary N) is 1. The van der Waals surface area contributed by atoms with Crippen LogP contribution in [0.15, 0.2) is 53.0 Å². The number of esters is 2. The number of furan rings is 1. The van der Waals surface area contributed by atoms with Gasteiger partial charge in [0.2, 0.25) is 0 Å². The van der Waals surface area contributed by atoms with E-state index in [1.165, 1.54) is 24.0 Å². The molecular weight excluding hydrogens is 745 g/mol. The van der Waals surface area contributed by atoms with Gasteiger partial charge in [0.25, 0.3) is 0 Å². The van der Waals surface area contributed by atoms with Crippen molar-refractivity contribution in [3.05, 3.63) is 71.3 Å². The molecule has 1 unspecified atom stereocenters. The Labute approximate surface area is 344 Å². The molecule has 4 N–H and O–H groups in total. The molecule has 0 aromatic carbocycles. The summed E-state index contributed by atoms with van der Waals surface area (Å²) < 4.78 is 38.8. The summed E-state index contributed by atoms with van der Waals surface area (Å²) >= 11 is 0. The molecule has 11 nitrogen and oxygen atoms in total. The number of carbonyl (C=O) groups excluding carboxylic acids is 2. The molecule has 0 aliphatic rings. The lowest BCUT2D eigenvalue weighted by Crippen LogP contribution is -2.29. The number of unbranched alkanes of at least 4 members (excludes halogenated alkanes) is 10. The van der Waals surface area contributed by atoms with E-state index >= 15 is 0 Å². The maximum absolute atomic E-state index is 12.6. The van der Waals surface area contributed by atoms with Crippen LogP contribution in [0.2, 0.25) is 0 Å². The molecule has 1 aromatic heterocycles. The fourth-order valence-electron chi connectivity index (χ4n) is 6.02. The standard InChI is InChI=1S/C45H76NO10P/c1-5-7-23-29-40(47)30-24-19-15-11-9-8-10-12-17-21-26-32-44(48)52-36-41(37-54-57(50,51)53-35-34-46)55-45(49)33-27-22-18-14-13-16-20-25-31-43-39(4)38(3)42(56-43)28-6-2/h8-9,12,15,17,19,24,30,40-41,47H,5-7,10-11,13-14,16,18,20-23,25-29,31-37,46H2,1-4H3,(H,50,51)/b9-8-,17-12-,19-15-,30-24+/t40-,41-/m1/s1. The number of phosphoric ester groups is 1. The Hall–Kier alpha value is -2.79. The van der Waals surface area contributed by atoms with Crippen molar-refractivity contribution >= 4 is 19.8 Å². The molecule has 0 spiro atoms. The minimum atomic E-state index is -4.41. The lowest BCUT2D eigenvalue weighted by molar-refractivity contribution is -0.161. The Morgan fingerprint density at radius 2 is 1.37 bits per heavy atom. The van der Waals surface area contributed by atoms with Crippen LogP contribution < -0.4 is 5.73 Å². The summed E-state index contributed by atoms with van der Waals surface area (Å²) in [5, 5.41) is 9.89. The number of phosphoric acid groups is 1. The molecule has 0 aliphatic heterocycles. The Morgan fingerprint density at radius 1 is 0.737 bits per heavy atom. The van der Waals surface area contributed by atoms with Gasteiger partial charge in [-0.3, -0.25) is 18.6 Å². The molecule has 0 saturated heterocycles. The van der Waals surface area contributed by atoms with Crippen LogP contribution in [0.25, 0.3) is 0 Å². The van der Waals surface area contributed by atoms with Crippen LogP contribution in [0.5, 0.6) is 0 Å². The van der Waals surface area contributed by atoms with E-state index < -0.39 is 32.5 Å². The third-order valence-electron chi connectivity index (χ3n) is 9.49. The number of hydrogen-bond donors (Lipinski definition) is 3. The number of ether oxygens (including phenoxy) is 2. The van der Waals surface area contributed by atoms with Gasteiger partial charge >= 0.3 is 19.8 Å². The first kappa shape index (κ1) is 52.2. The molecule has 1 aromatic rings. The highest BCUT2D eigenvalue weighted by molar-refractivity contribution is 7.47. The van der Waals surface area contributed by atoms with E-state index in [2.05, 4.69) is 39.8 Å². The lowest BCUT2D eigenvalue weighted by atomic mass is 10.0. The van der Waals surface area contributed by atoms with Crippen molar-refractivity contribution in [2.75, 3.05) is 26.4 Å². The zero-order chi connectivity index (χ0) is 42.0. The van der Waals surface area contributed by atoms with Crippen LogP contribution in [0.4, 0.5) is 0 Å². The summed E-state index contributed by atoms with van der Waals surface area (Å²) in [6.45, 7) is 7.72. The fourth-order valence-corrected chi connectivity index (χ4v) is 6.78. The van der Waals surface area contributed by atoms with E-state index in [0.717, 1.165) is 101 Å². The minimum Gasteiger partial charge on any atom is -0.466 e. The highest BCUT2D eigenvalue weighted by atomic mass is 31.2. The number of aliphatic hydroxyl groups excluding tert-OH is 1. The van der Waals surface area contributed by atoms with Gasteiger partial charge in [0, 0.05) is 32.2 Å². The quantitative estimate of drug-likeness (QED) is 0.0194. The molecule has 3 atom stereocenters. The number of aliphatic hydroxyl groups is 1. The van der Waals surface area contributed by atoms with E-state index in [-0.39, 0.29) is 38.7 Å². The van der Waals surface area contributed by atoms with Gasteiger partial charge in [0.05, 0.1) is 19.3 Å². The summed E-state index contributed by atoms with van der Waals surface area (Å²) in [6, 6.07) is 0. The summed E-state index contributed by atoms with van der Waals surface area (Å²) in [5.74, 6) is 1.33. The first-order valence-corrected chi connectivity index (χ1v) is 23.1. The van der Waals surface area contributed by atoms with Crippen molar-refractivity contribution in [2.24, 2.45) is 5.73 Å². The first-order chi connectivity index (χ1) is 27.5. The monoisotopic (exact) mass is 822 g/mol. The van der Waals surface area contributed by atoms with Crippen molar-refractivity contribution in [1.29, 1.82) is 0 Å². The number of hydrogen-bond acceptors (Lipinski definition) is 10. The maximum atomic E-state index is 12.6. The lowest BCUT2D eigenvalue weighted by Gasteiger charge is -2.19. The zero-order valence-electron chi connectivity index (χ0n) is 35.6. The summed E-state index contributed by atoms with van der Waals surface area (Å²) in [5.41, 5.74) is 7.95. The third kappa shape index (κ3) is 28.3. The average Bonchev–Trinajstić information content (AvgIpc) is 3.45. The van der Waals surface area contributed by atoms with Crippen LogP contribution in [0.1, 0.15) is 158 Å². The number of allylic oxidation sites excluding steroid dienone is 7. The minimum absolute atomic E-state index is 0.0308. The SMILES string of the molecule is CCCCC[C@@H](O)/C=C/C=C\C/C=C\C/C=C\CCCC(=O)OC[C@H](COP(=O)(O)OCCN)OC(=O)CCCCCCCCCCc1oc(CCC)c(C)c1C. The van der Waals surface area contributed by atoms with Gasteiger partial charge in [-0.2, -0.15) is 0 Å². The molecule has 1 heterocycles. The Morgan fingerprint density at radius 3 is 2.05 bits per heavy atom. The number of carbonyl (C=O) groups is 2. The summed E-state index contributed by atoms with van der Waals surface area (Å²) in [4.78, 5) is 34.9. The van der Waals surface area contributed by atoms with E-state index in [1.807, 2.05) is 36.5 Å². The van der Waals surface area contributed by atoms with Crippen LogP contribution in [0.3, 0.4) is 0 Å². The molecule has 1 rings (SSSR count). The molecule has 0 aliphatic carbocycles. The summed E-state index contributed by atoms with van der Waals surface area (Å²) in [6.07, 6.45) is 33.2. The van der Waals surface area contributed by atoms with Crippen LogP contribution in [-0.2, 0) is 45.5 Å². The van der Waals surface area contributed by atoms with Crippen molar-refractivity contribution < 1.29 is 47.1 Å². The zero-order valence-corrected chi connectivity index (χ0v) is 36.5. The predicted octanol–water partition coefficient (Wildman–Crippen LogP) is 10.6. The highest BCUT2D eigenvalue weighted by Gasteiger charge is 2.26. The molecular formula is C45H76NO10P. The molecule has 0 radical (unpaired) electrons. The van der Waals surface area contributed by atoms with Gasteiger partial charge in [-0.15, -0.1) is 0 Å². The largest absolute Gasteiger partial charge is 0.472 e. The van der Waals surface area contributed by atoms with Gasteiger partial charge in [0.15, 0.2) is 6.10 Å². The van der Waals surface area contributed by atoms with Gasteiger partial charge in [-0.05, 0) is 76.3 Å². The van der Waals surface area contributed by atoms with Gasteiger partial charge in [-0.25, -0.2) is 4.57 Å². The number of aryl methyl sites for hydroxylation is 2. The summed E-state index contributed by atoms with van der Waals surface area (Å²) in [7, 11) is -4.41. The van der Waals surface area contributed by atoms with Crippen molar-refractivity contribution in [1.82, 2.24) is 0 Å². The van der Waals surface area contributed by atoms with E-state index in [0.29, 0.717) is 19.3 Å². The van der Waals surface area contributed by atoms with Gasteiger partial charge in [0.1, 0.15) is 18.1 Å². The molecule has 0 saturated carbocycles. The normalized spacial score (nSPS) is 14.3. The Balaban J connectivity index is 2.30.